The molecule has 1 N–H and O–H groups in total. The van der Waals surface area contributed by atoms with E-state index in [0.29, 0.717) is 6.54 Å². The molecule has 1 aromatic heterocycles. The number of benzene rings is 1. The molecular formula is C17H25N3O. The monoisotopic (exact) mass is 287 g/mol. The second-order valence-electron chi connectivity index (χ2n) is 5.39. The summed E-state index contributed by atoms with van der Waals surface area (Å²) in [4.78, 5) is 12.3. The number of likely N-dealkylation sites (N-methyl/N-ethyl adjacent to an activating group) is 1. The number of aryl methyl sites for hydroxylation is 2. The maximum Gasteiger partial charge on any atom is 0.328 e. The van der Waals surface area contributed by atoms with Crippen LogP contribution in [-0.4, -0.2) is 15.7 Å². The van der Waals surface area contributed by atoms with Crippen molar-refractivity contribution in [1.29, 1.82) is 0 Å². The smallest absolute Gasteiger partial charge is 0.309 e. The van der Waals surface area contributed by atoms with Gasteiger partial charge in [0.05, 0.1) is 6.04 Å². The van der Waals surface area contributed by atoms with E-state index in [0.717, 1.165) is 19.5 Å². The lowest BCUT2D eigenvalue weighted by molar-refractivity contribution is 0.459. The average molecular weight is 287 g/mol. The maximum absolute atomic E-state index is 12.3. The summed E-state index contributed by atoms with van der Waals surface area (Å²) in [6.07, 6.45) is 4.74. The van der Waals surface area contributed by atoms with Crippen molar-refractivity contribution in [3.63, 3.8) is 0 Å². The van der Waals surface area contributed by atoms with Crippen LogP contribution in [-0.2, 0) is 13.1 Å². The zero-order valence-corrected chi connectivity index (χ0v) is 13.2. The van der Waals surface area contributed by atoms with Gasteiger partial charge in [0.15, 0.2) is 0 Å². The lowest BCUT2D eigenvalue weighted by Crippen LogP contribution is -2.31. The fraction of sp³-hybridized carbons (Fsp3) is 0.471. The summed E-state index contributed by atoms with van der Waals surface area (Å²) in [5, 5.41) is 3.49. The summed E-state index contributed by atoms with van der Waals surface area (Å²) in [6.45, 7) is 8.61. The summed E-state index contributed by atoms with van der Waals surface area (Å²) >= 11 is 0. The van der Waals surface area contributed by atoms with E-state index in [-0.39, 0.29) is 11.7 Å². The molecule has 4 heteroatoms. The normalized spacial score (nSPS) is 12.5. The second kappa shape index (κ2) is 7.27. The van der Waals surface area contributed by atoms with Crippen LogP contribution in [0.2, 0.25) is 0 Å². The minimum absolute atomic E-state index is 0.0772. The van der Waals surface area contributed by atoms with Crippen molar-refractivity contribution in [3.05, 3.63) is 58.3 Å². The van der Waals surface area contributed by atoms with Crippen LogP contribution in [0.15, 0.2) is 41.5 Å². The van der Waals surface area contributed by atoms with Crippen molar-refractivity contribution in [2.45, 2.75) is 46.3 Å². The van der Waals surface area contributed by atoms with Gasteiger partial charge < -0.3 is 5.32 Å². The van der Waals surface area contributed by atoms with Crippen LogP contribution >= 0.6 is 0 Å². The van der Waals surface area contributed by atoms with Gasteiger partial charge in [-0.15, -0.1) is 0 Å². The zero-order chi connectivity index (χ0) is 15.2. The van der Waals surface area contributed by atoms with Crippen LogP contribution in [0.25, 0.3) is 0 Å². The molecule has 1 atom stereocenters. The van der Waals surface area contributed by atoms with Crippen molar-refractivity contribution >= 4 is 0 Å². The van der Waals surface area contributed by atoms with Gasteiger partial charge in [-0.25, -0.2) is 4.79 Å². The molecule has 1 unspecified atom stereocenters. The number of nitrogens with zero attached hydrogens (tertiary/aromatic N) is 2. The van der Waals surface area contributed by atoms with Crippen LogP contribution in [0.1, 0.15) is 37.4 Å². The van der Waals surface area contributed by atoms with Crippen molar-refractivity contribution in [3.8, 4) is 0 Å². The molecule has 0 amide bonds. The van der Waals surface area contributed by atoms with Crippen LogP contribution in [0.5, 0.6) is 0 Å². The van der Waals surface area contributed by atoms with Gasteiger partial charge in [0.1, 0.15) is 0 Å². The molecule has 2 rings (SSSR count). The minimum Gasteiger partial charge on any atom is -0.309 e. The first-order valence-corrected chi connectivity index (χ1v) is 7.71. The Balaban J connectivity index is 2.25. The summed E-state index contributed by atoms with van der Waals surface area (Å²) in [6, 6.07) is 8.51. The number of rotatable bonds is 7. The Morgan fingerprint density at radius 3 is 2.52 bits per heavy atom. The predicted octanol–water partition coefficient (Wildman–Crippen LogP) is 2.72. The van der Waals surface area contributed by atoms with Gasteiger partial charge in [0.25, 0.3) is 0 Å². The maximum atomic E-state index is 12.3. The number of hydrogen-bond donors (Lipinski definition) is 1. The van der Waals surface area contributed by atoms with Crippen molar-refractivity contribution < 1.29 is 0 Å². The predicted molar refractivity (Wildman–Crippen MR) is 86.6 cm³/mol. The SMILES string of the molecule is CCCn1ccn(CC(NCC)c2ccccc2C)c1=O. The van der Waals surface area contributed by atoms with Crippen molar-refractivity contribution in [1.82, 2.24) is 14.5 Å². The molecule has 0 aliphatic heterocycles. The van der Waals surface area contributed by atoms with E-state index in [1.807, 2.05) is 18.5 Å². The summed E-state index contributed by atoms with van der Waals surface area (Å²) in [5.74, 6) is 0. The molecule has 0 aliphatic rings. The fourth-order valence-corrected chi connectivity index (χ4v) is 2.70. The third kappa shape index (κ3) is 3.64. The lowest BCUT2D eigenvalue weighted by atomic mass is 10.0. The first kappa shape index (κ1) is 15.6. The van der Waals surface area contributed by atoms with Gasteiger partial charge >= 0.3 is 5.69 Å². The molecule has 0 radical (unpaired) electrons. The quantitative estimate of drug-likeness (QED) is 0.850. The number of imidazole rings is 1. The van der Waals surface area contributed by atoms with Crippen molar-refractivity contribution in [2.24, 2.45) is 0 Å². The molecule has 2 aromatic rings. The lowest BCUT2D eigenvalue weighted by Gasteiger charge is -2.20. The van der Waals surface area contributed by atoms with E-state index >= 15 is 0 Å². The highest BCUT2D eigenvalue weighted by atomic mass is 16.1. The number of aromatic nitrogens is 2. The van der Waals surface area contributed by atoms with E-state index in [1.54, 1.807) is 9.13 Å². The summed E-state index contributed by atoms with van der Waals surface area (Å²) < 4.78 is 3.58. The number of nitrogens with one attached hydrogen (secondary N) is 1. The van der Waals surface area contributed by atoms with Gasteiger partial charge in [0, 0.05) is 25.5 Å². The second-order valence-corrected chi connectivity index (χ2v) is 5.39. The Bertz CT molecular complexity index is 627. The molecule has 0 saturated carbocycles. The Morgan fingerprint density at radius 2 is 1.86 bits per heavy atom. The molecule has 0 spiro atoms. The minimum atomic E-state index is 0.0772. The van der Waals surface area contributed by atoms with Gasteiger partial charge in [-0.3, -0.25) is 9.13 Å². The summed E-state index contributed by atoms with van der Waals surface area (Å²) in [5.41, 5.74) is 2.59. The van der Waals surface area contributed by atoms with E-state index in [4.69, 9.17) is 0 Å². The highest BCUT2D eigenvalue weighted by Crippen LogP contribution is 2.18. The summed E-state index contributed by atoms with van der Waals surface area (Å²) in [7, 11) is 0. The average Bonchev–Trinajstić information content (AvgIpc) is 2.81. The Kier molecular flexibility index (Phi) is 5.39. The van der Waals surface area contributed by atoms with Crippen LogP contribution < -0.4 is 11.0 Å². The molecule has 4 nitrogen and oxygen atoms in total. The van der Waals surface area contributed by atoms with Gasteiger partial charge in [0.2, 0.25) is 0 Å². The fourth-order valence-electron chi connectivity index (χ4n) is 2.70. The van der Waals surface area contributed by atoms with E-state index < -0.39 is 0 Å². The highest BCUT2D eigenvalue weighted by Gasteiger charge is 2.14. The van der Waals surface area contributed by atoms with E-state index in [2.05, 4.69) is 44.3 Å². The largest absolute Gasteiger partial charge is 0.328 e. The molecule has 0 aliphatic carbocycles. The third-order valence-corrected chi connectivity index (χ3v) is 3.78. The molecule has 0 bridgehead atoms. The van der Waals surface area contributed by atoms with Crippen LogP contribution in [0.3, 0.4) is 0 Å². The number of hydrogen-bond acceptors (Lipinski definition) is 2. The molecule has 0 saturated heterocycles. The Hall–Kier alpha value is -1.81. The molecule has 114 valence electrons. The van der Waals surface area contributed by atoms with Crippen LogP contribution in [0, 0.1) is 6.92 Å². The first-order chi connectivity index (χ1) is 10.2. The first-order valence-electron chi connectivity index (χ1n) is 7.71. The molecule has 21 heavy (non-hydrogen) atoms. The highest BCUT2D eigenvalue weighted by molar-refractivity contribution is 5.28. The Labute approximate surface area is 126 Å². The third-order valence-electron chi connectivity index (χ3n) is 3.78. The van der Waals surface area contributed by atoms with E-state index in [1.165, 1.54) is 11.1 Å². The van der Waals surface area contributed by atoms with Gasteiger partial charge in [-0.1, -0.05) is 38.1 Å². The standard InChI is InChI=1S/C17H25N3O/c1-4-10-19-11-12-20(17(19)21)13-16(18-5-2)15-9-7-6-8-14(15)3/h6-9,11-12,16,18H,4-5,10,13H2,1-3H3. The zero-order valence-electron chi connectivity index (χ0n) is 13.2. The topological polar surface area (TPSA) is 39.0 Å². The van der Waals surface area contributed by atoms with Gasteiger partial charge in [-0.2, -0.15) is 0 Å². The van der Waals surface area contributed by atoms with Gasteiger partial charge in [-0.05, 0) is 31.0 Å². The molecule has 0 fully saturated rings. The molecular weight excluding hydrogens is 262 g/mol. The van der Waals surface area contributed by atoms with E-state index in [9.17, 15) is 4.79 Å². The van der Waals surface area contributed by atoms with Crippen LogP contribution in [0.4, 0.5) is 0 Å². The molecule has 1 heterocycles. The van der Waals surface area contributed by atoms with Crippen molar-refractivity contribution in [2.75, 3.05) is 6.54 Å². The molecule has 1 aromatic carbocycles. The Morgan fingerprint density at radius 1 is 1.14 bits per heavy atom.